The molecule has 0 saturated heterocycles. The van der Waals surface area contributed by atoms with Crippen LogP contribution in [-0.2, 0) is 4.79 Å². The highest BCUT2D eigenvalue weighted by Gasteiger charge is 2.12. The van der Waals surface area contributed by atoms with Gasteiger partial charge in [-0.3, -0.25) is 4.79 Å². The SMILES string of the molecule is CC(C)c1ccc2oc(-c3ccc(NC(=O)C=Cc4ccc(-c5cccc(Cl)c5Cl)o4)cc3)nc2c1. The Morgan fingerprint density at radius 1 is 0.972 bits per heavy atom. The number of furan rings is 1. The summed E-state index contributed by atoms with van der Waals surface area (Å²) in [7, 11) is 0. The zero-order chi connectivity index (χ0) is 25.2. The minimum absolute atomic E-state index is 0.287. The lowest BCUT2D eigenvalue weighted by molar-refractivity contribution is -0.111. The monoisotopic (exact) mass is 516 g/mol. The van der Waals surface area contributed by atoms with Gasteiger partial charge < -0.3 is 14.2 Å². The van der Waals surface area contributed by atoms with Crippen LogP contribution in [-0.4, -0.2) is 10.9 Å². The van der Waals surface area contributed by atoms with E-state index in [1.807, 2.05) is 36.4 Å². The van der Waals surface area contributed by atoms with Crippen LogP contribution in [0.25, 0.3) is 40.0 Å². The van der Waals surface area contributed by atoms with Crippen molar-refractivity contribution in [2.24, 2.45) is 0 Å². The highest BCUT2D eigenvalue weighted by molar-refractivity contribution is 6.43. The van der Waals surface area contributed by atoms with E-state index in [0.717, 1.165) is 16.7 Å². The Bertz CT molecular complexity index is 1580. The van der Waals surface area contributed by atoms with Crippen molar-refractivity contribution in [3.63, 3.8) is 0 Å². The average molecular weight is 517 g/mol. The highest BCUT2D eigenvalue weighted by atomic mass is 35.5. The molecule has 0 spiro atoms. The molecule has 0 aliphatic rings. The fourth-order valence-electron chi connectivity index (χ4n) is 3.75. The lowest BCUT2D eigenvalue weighted by atomic mass is 10.0. The number of rotatable bonds is 6. The predicted molar refractivity (Wildman–Crippen MR) is 145 cm³/mol. The van der Waals surface area contributed by atoms with Crippen LogP contribution in [0, 0.1) is 0 Å². The standard InChI is InChI=1S/C29H22Cl2N2O3/c1-17(2)19-8-13-26-24(16-19)33-29(36-26)18-6-9-20(10-7-18)32-27(34)15-12-21-11-14-25(35-21)22-4-3-5-23(30)28(22)31/h3-17H,1-2H3,(H,32,34). The van der Waals surface area contributed by atoms with Gasteiger partial charge in [0.15, 0.2) is 5.58 Å². The summed E-state index contributed by atoms with van der Waals surface area (Å²) < 4.78 is 11.7. The molecule has 0 aliphatic carbocycles. The van der Waals surface area contributed by atoms with Crippen molar-refractivity contribution in [3.8, 4) is 22.8 Å². The number of halogens is 2. The molecule has 0 radical (unpaired) electrons. The highest BCUT2D eigenvalue weighted by Crippen LogP contribution is 2.34. The number of oxazole rings is 1. The zero-order valence-corrected chi connectivity index (χ0v) is 21.1. The van der Waals surface area contributed by atoms with Gasteiger partial charge in [-0.1, -0.05) is 49.2 Å². The second-order valence-electron chi connectivity index (χ2n) is 8.60. The van der Waals surface area contributed by atoms with Crippen LogP contribution in [0.3, 0.4) is 0 Å². The maximum Gasteiger partial charge on any atom is 0.248 e. The van der Waals surface area contributed by atoms with Crippen LogP contribution < -0.4 is 5.32 Å². The third-order valence-electron chi connectivity index (χ3n) is 5.72. The largest absolute Gasteiger partial charge is 0.457 e. The summed E-state index contributed by atoms with van der Waals surface area (Å²) >= 11 is 12.3. The van der Waals surface area contributed by atoms with Gasteiger partial charge >= 0.3 is 0 Å². The first-order valence-corrected chi connectivity index (χ1v) is 12.2. The summed E-state index contributed by atoms with van der Waals surface area (Å²) in [6.45, 7) is 4.29. The van der Waals surface area contributed by atoms with Crippen molar-refractivity contribution in [1.82, 2.24) is 4.98 Å². The molecule has 2 aromatic heterocycles. The molecule has 36 heavy (non-hydrogen) atoms. The molecule has 0 unspecified atom stereocenters. The topological polar surface area (TPSA) is 68.3 Å². The van der Waals surface area contributed by atoms with Crippen molar-refractivity contribution < 1.29 is 13.6 Å². The Hall–Kier alpha value is -3.80. The van der Waals surface area contributed by atoms with Crippen molar-refractivity contribution >= 4 is 52.0 Å². The van der Waals surface area contributed by atoms with Gasteiger partial charge in [0.05, 0.1) is 10.0 Å². The maximum absolute atomic E-state index is 12.4. The summed E-state index contributed by atoms with van der Waals surface area (Å²) in [5.74, 6) is 1.75. The Labute approximate surface area is 218 Å². The average Bonchev–Trinajstić information content (AvgIpc) is 3.51. The number of hydrogen-bond donors (Lipinski definition) is 1. The molecule has 0 fully saturated rings. The fourth-order valence-corrected chi connectivity index (χ4v) is 4.14. The molecule has 0 bridgehead atoms. The van der Waals surface area contributed by atoms with E-state index in [9.17, 15) is 4.79 Å². The Balaban J connectivity index is 1.24. The molecule has 1 N–H and O–H groups in total. The summed E-state index contributed by atoms with van der Waals surface area (Å²) in [4.78, 5) is 17.0. The third-order valence-corrected chi connectivity index (χ3v) is 6.54. The summed E-state index contributed by atoms with van der Waals surface area (Å²) in [6, 6.07) is 22.3. The van der Waals surface area contributed by atoms with Gasteiger partial charge in [0.2, 0.25) is 11.8 Å². The van der Waals surface area contributed by atoms with Gasteiger partial charge in [0, 0.05) is 22.9 Å². The molecule has 5 rings (SSSR count). The summed E-state index contributed by atoms with van der Waals surface area (Å²) in [6.07, 6.45) is 3.00. The van der Waals surface area contributed by atoms with Crippen LogP contribution >= 0.6 is 23.2 Å². The third kappa shape index (κ3) is 5.08. The number of hydrogen-bond acceptors (Lipinski definition) is 4. The van der Waals surface area contributed by atoms with Crippen LogP contribution in [0.4, 0.5) is 5.69 Å². The van der Waals surface area contributed by atoms with Gasteiger partial charge in [-0.2, -0.15) is 0 Å². The number of anilines is 1. The van der Waals surface area contributed by atoms with Gasteiger partial charge in [0.25, 0.3) is 0 Å². The van der Waals surface area contributed by atoms with Gasteiger partial charge in [-0.15, -0.1) is 0 Å². The summed E-state index contributed by atoms with van der Waals surface area (Å²) in [5, 5.41) is 3.70. The number of nitrogens with zero attached hydrogens (tertiary/aromatic N) is 1. The van der Waals surface area contributed by atoms with Gasteiger partial charge in [0.1, 0.15) is 17.0 Å². The smallest absolute Gasteiger partial charge is 0.248 e. The predicted octanol–water partition coefficient (Wildman–Crippen LogP) is 8.84. The number of benzene rings is 3. The lowest BCUT2D eigenvalue weighted by Gasteiger charge is -2.03. The van der Waals surface area contributed by atoms with E-state index in [4.69, 9.17) is 32.0 Å². The van der Waals surface area contributed by atoms with Crippen LogP contribution in [0.2, 0.25) is 10.0 Å². The minimum atomic E-state index is -0.287. The first kappa shape index (κ1) is 23.9. The molecule has 0 aliphatic heterocycles. The molecular formula is C29H22Cl2N2O3. The van der Waals surface area contributed by atoms with E-state index < -0.39 is 0 Å². The molecule has 5 aromatic rings. The van der Waals surface area contributed by atoms with Crippen LogP contribution in [0.15, 0.2) is 87.7 Å². The number of carbonyl (C=O) groups excluding carboxylic acids is 1. The van der Waals surface area contributed by atoms with Gasteiger partial charge in [-0.25, -0.2) is 4.98 Å². The Kier molecular flexibility index (Phi) is 6.68. The van der Waals surface area contributed by atoms with Crippen LogP contribution in [0.1, 0.15) is 31.1 Å². The molecule has 5 nitrogen and oxygen atoms in total. The first-order valence-electron chi connectivity index (χ1n) is 11.4. The number of carbonyl (C=O) groups is 1. The maximum atomic E-state index is 12.4. The normalized spacial score (nSPS) is 11.6. The van der Waals surface area contributed by atoms with E-state index in [2.05, 4.69) is 36.3 Å². The minimum Gasteiger partial charge on any atom is -0.457 e. The lowest BCUT2D eigenvalue weighted by Crippen LogP contribution is -2.07. The number of amides is 1. The van der Waals surface area contributed by atoms with Crippen molar-refractivity contribution in [2.75, 3.05) is 5.32 Å². The second kappa shape index (κ2) is 10.1. The molecule has 0 atom stereocenters. The number of aromatic nitrogens is 1. The second-order valence-corrected chi connectivity index (χ2v) is 9.39. The van der Waals surface area contributed by atoms with E-state index in [-0.39, 0.29) is 5.91 Å². The van der Waals surface area contributed by atoms with Crippen LogP contribution in [0.5, 0.6) is 0 Å². The van der Waals surface area contributed by atoms with Gasteiger partial charge in [-0.05, 0) is 78.2 Å². The van der Waals surface area contributed by atoms with E-state index >= 15 is 0 Å². The fraction of sp³-hybridized carbons (Fsp3) is 0.103. The van der Waals surface area contributed by atoms with E-state index in [0.29, 0.717) is 44.6 Å². The quantitative estimate of drug-likeness (QED) is 0.229. The summed E-state index contributed by atoms with van der Waals surface area (Å²) in [5.41, 5.74) is 4.96. The number of nitrogens with one attached hydrogen (secondary N) is 1. The molecule has 7 heteroatoms. The molecule has 2 heterocycles. The Morgan fingerprint density at radius 3 is 2.56 bits per heavy atom. The number of fused-ring (bicyclic) bond motifs is 1. The Morgan fingerprint density at radius 2 is 1.78 bits per heavy atom. The molecular weight excluding hydrogens is 495 g/mol. The zero-order valence-electron chi connectivity index (χ0n) is 19.6. The van der Waals surface area contributed by atoms with Crippen molar-refractivity contribution in [1.29, 1.82) is 0 Å². The van der Waals surface area contributed by atoms with E-state index in [1.165, 1.54) is 11.6 Å². The van der Waals surface area contributed by atoms with Crippen molar-refractivity contribution in [2.45, 2.75) is 19.8 Å². The molecule has 1 amide bonds. The molecule has 180 valence electrons. The van der Waals surface area contributed by atoms with Crippen molar-refractivity contribution in [3.05, 3.63) is 100 Å². The molecule has 3 aromatic carbocycles. The molecule has 0 saturated carbocycles. The first-order chi connectivity index (χ1) is 17.4. The van der Waals surface area contributed by atoms with E-state index in [1.54, 1.807) is 30.3 Å².